The molecule has 12 heavy (non-hydrogen) atoms. The second-order valence-corrected chi connectivity index (χ2v) is 5.21. The standard InChI is InChI=1S/C5H8ClN3O2S/c1-4-5(3-12(6,10)11)7-8-9(4)2/h3H2,1-2H3. The molecule has 1 aromatic heterocycles. The third kappa shape index (κ3) is 2.18. The molecule has 1 rings (SSSR count). The molecule has 0 N–H and O–H groups in total. The molecule has 7 heteroatoms. The van der Waals surface area contributed by atoms with Gasteiger partial charge in [-0.25, -0.2) is 8.42 Å². The highest BCUT2D eigenvalue weighted by Crippen LogP contribution is 2.09. The van der Waals surface area contributed by atoms with Crippen molar-refractivity contribution < 1.29 is 8.42 Å². The van der Waals surface area contributed by atoms with Crippen molar-refractivity contribution in [3.63, 3.8) is 0 Å². The molecule has 0 radical (unpaired) electrons. The van der Waals surface area contributed by atoms with E-state index in [0.29, 0.717) is 11.4 Å². The lowest BCUT2D eigenvalue weighted by Gasteiger charge is -1.93. The summed E-state index contributed by atoms with van der Waals surface area (Å²) in [5.41, 5.74) is 1.10. The first kappa shape index (κ1) is 9.47. The average Bonchev–Trinajstić information content (AvgIpc) is 2.16. The molecule has 1 aromatic rings. The zero-order valence-corrected chi connectivity index (χ0v) is 8.22. The molecule has 0 amide bonds. The summed E-state index contributed by atoms with van der Waals surface area (Å²) in [5, 5.41) is 7.29. The van der Waals surface area contributed by atoms with Gasteiger partial charge in [0.1, 0.15) is 11.4 Å². The van der Waals surface area contributed by atoms with Crippen LogP contribution in [0.2, 0.25) is 0 Å². The molecule has 1 heterocycles. The molecule has 0 aliphatic heterocycles. The van der Waals surface area contributed by atoms with Crippen molar-refractivity contribution in [1.82, 2.24) is 15.0 Å². The van der Waals surface area contributed by atoms with E-state index >= 15 is 0 Å². The van der Waals surface area contributed by atoms with E-state index in [2.05, 4.69) is 10.3 Å². The maximum absolute atomic E-state index is 10.7. The Kier molecular flexibility index (Phi) is 2.39. The molecule has 0 aliphatic rings. The highest BCUT2D eigenvalue weighted by atomic mass is 35.7. The van der Waals surface area contributed by atoms with Crippen molar-refractivity contribution in [1.29, 1.82) is 0 Å². The summed E-state index contributed by atoms with van der Waals surface area (Å²) in [5.74, 6) is -0.270. The molecule has 0 saturated carbocycles. The quantitative estimate of drug-likeness (QED) is 0.653. The van der Waals surface area contributed by atoms with Gasteiger partial charge in [-0.3, -0.25) is 4.68 Å². The van der Waals surface area contributed by atoms with E-state index in [1.807, 2.05) is 0 Å². The lowest BCUT2D eigenvalue weighted by Crippen LogP contribution is -1.98. The molecule has 0 unspecified atom stereocenters. The Bertz CT molecular complexity index is 383. The molecule has 0 aromatic carbocycles. The van der Waals surface area contributed by atoms with Crippen molar-refractivity contribution in [2.45, 2.75) is 12.7 Å². The minimum Gasteiger partial charge on any atom is -0.252 e. The van der Waals surface area contributed by atoms with Gasteiger partial charge in [-0.15, -0.1) is 5.10 Å². The second kappa shape index (κ2) is 3.02. The SMILES string of the molecule is Cc1c(CS(=O)(=O)Cl)nnn1C. The summed E-state index contributed by atoms with van der Waals surface area (Å²) in [6.45, 7) is 1.73. The van der Waals surface area contributed by atoms with Crippen LogP contribution in [-0.2, 0) is 21.9 Å². The third-order valence-electron chi connectivity index (χ3n) is 1.51. The fourth-order valence-electron chi connectivity index (χ4n) is 0.744. The van der Waals surface area contributed by atoms with E-state index in [1.54, 1.807) is 14.0 Å². The van der Waals surface area contributed by atoms with Crippen LogP contribution >= 0.6 is 10.7 Å². The molecular weight excluding hydrogens is 202 g/mol. The number of hydrogen-bond acceptors (Lipinski definition) is 4. The highest BCUT2D eigenvalue weighted by Gasteiger charge is 2.13. The number of nitrogens with zero attached hydrogens (tertiary/aromatic N) is 3. The summed E-state index contributed by atoms with van der Waals surface area (Å²) in [6.07, 6.45) is 0. The van der Waals surface area contributed by atoms with E-state index in [0.717, 1.165) is 0 Å². The van der Waals surface area contributed by atoms with Gasteiger partial charge >= 0.3 is 0 Å². The van der Waals surface area contributed by atoms with E-state index in [9.17, 15) is 8.42 Å². The molecule has 0 fully saturated rings. The maximum atomic E-state index is 10.7. The van der Waals surface area contributed by atoms with Crippen LogP contribution in [0.25, 0.3) is 0 Å². The first-order valence-corrected chi connectivity index (χ1v) is 5.65. The van der Waals surface area contributed by atoms with Crippen LogP contribution in [-0.4, -0.2) is 23.4 Å². The van der Waals surface area contributed by atoms with Crippen molar-refractivity contribution in [2.75, 3.05) is 0 Å². The van der Waals surface area contributed by atoms with Crippen molar-refractivity contribution in [3.8, 4) is 0 Å². The maximum Gasteiger partial charge on any atom is 0.238 e. The number of hydrogen-bond donors (Lipinski definition) is 0. The van der Waals surface area contributed by atoms with Crippen LogP contribution in [0.5, 0.6) is 0 Å². The van der Waals surface area contributed by atoms with Crippen molar-refractivity contribution in [2.24, 2.45) is 7.05 Å². The lowest BCUT2D eigenvalue weighted by molar-refractivity contribution is 0.608. The first-order valence-electron chi connectivity index (χ1n) is 3.17. The van der Waals surface area contributed by atoms with Crippen LogP contribution in [0.4, 0.5) is 0 Å². The Hall–Kier alpha value is -0.620. The Labute approximate surface area is 74.8 Å². The molecule has 68 valence electrons. The van der Waals surface area contributed by atoms with Gasteiger partial charge in [0.25, 0.3) is 0 Å². The van der Waals surface area contributed by atoms with Crippen molar-refractivity contribution in [3.05, 3.63) is 11.4 Å². The van der Waals surface area contributed by atoms with Crippen LogP contribution in [0.1, 0.15) is 11.4 Å². The van der Waals surface area contributed by atoms with E-state index in [-0.39, 0.29) is 5.75 Å². The molecule has 0 atom stereocenters. The molecular formula is C5H8ClN3O2S. The van der Waals surface area contributed by atoms with Crippen LogP contribution in [0, 0.1) is 6.92 Å². The summed E-state index contributed by atoms with van der Waals surface area (Å²) >= 11 is 0. The first-order chi connectivity index (χ1) is 5.40. The summed E-state index contributed by atoms with van der Waals surface area (Å²) < 4.78 is 22.8. The second-order valence-electron chi connectivity index (χ2n) is 2.43. The number of aryl methyl sites for hydroxylation is 1. The van der Waals surface area contributed by atoms with Gasteiger partial charge in [0, 0.05) is 17.7 Å². The Morgan fingerprint density at radius 2 is 2.17 bits per heavy atom. The monoisotopic (exact) mass is 209 g/mol. The summed E-state index contributed by atoms with van der Waals surface area (Å²) in [6, 6.07) is 0. The molecule has 0 spiro atoms. The minimum absolute atomic E-state index is 0.270. The predicted octanol–water partition coefficient (Wildman–Crippen LogP) is 0.192. The largest absolute Gasteiger partial charge is 0.252 e. The average molecular weight is 210 g/mol. The Balaban J connectivity index is 2.99. The van der Waals surface area contributed by atoms with Gasteiger partial charge in [-0.1, -0.05) is 5.21 Å². The number of aromatic nitrogens is 3. The Morgan fingerprint density at radius 1 is 1.58 bits per heavy atom. The summed E-state index contributed by atoms with van der Waals surface area (Å²) in [4.78, 5) is 0. The van der Waals surface area contributed by atoms with E-state index < -0.39 is 9.05 Å². The zero-order chi connectivity index (χ0) is 9.35. The molecule has 0 saturated heterocycles. The van der Waals surface area contributed by atoms with Crippen molar-refractivity contribution >= 4 is 19.7 Å². The predicted molar refractivity (Wildman–Crippen MR) is 44.2 cm³/mol. The molecule has 5 nitrogen and oxygen atoms in total. The van der Waals surface area contributed by atoms with Gasteiger partial charge in [-0.2, -0.15) is 0 Å². The van der Waals surface area contributed by atoms with Crippen LogP contribution in [0.15, 0.2) is 0 Å². The molecule has 0 bridgehead atoms. The van der Waals surface area contributed by atoms with E-state index in [1.165, 1.54) is 4.68 Å². The normalized spacial score (nSPS) is 11.9. The van der Waals surface area contributed by atoms with Crippen LogP contribution in [0.3, 0.4) is 0 Å². The van der Waals surface area contributed by atoms with Gasteiger partial charge in [0.15, 0.2) is 0 Å². The summed E-state index contributed by atoms with van der Waals surface area (Å²) in [7, 11) is 3.20. The van der Waals surface area contributed by atoms with Gasteiger partial charge in [0.2, 0.25) is 9.05 Å². The zero-order valence-electron chi connectivity index (χ0n) is 6.65. The fourth-order valence-corrected chi connectivity index (χ4v) is 1.65. The van der Waals surface area contributed by atoms with Crippen LogP contribution < -0.4 is 0 Å². The van der Waals surface area contributed by atoms with E-state index in [4.69, 9.17) is 10.7 Å². The smallest absolute Gasteiger partial charge is 0.238 e. The number of halogens is 1. The Morgan fingerprint density at radius 3 is 2.50 bits per heavy atom. The topological polar surface area (TPSA) is 64.8 Å². The highest BCUT2D eigenvalue weighted by molar-refractivity contribution is 8.13. The molecule has 0 aliphatic carbocycles. The third-order valence-corrected chi connectivity index (χ3v) is 2.46. The van der Waals surface area contributed by atoms with Gasteiger partial charge in [-0.05, 0) is 6.92 Å². The fraction of sp³-hybridized carbons (Fsp3) is 0.600. The van der Waals surface area contributed by atoms with Gasteiger partial charge < -0.3 is 0 Å². The minimum atomic E-state index is -3.53. The lowest BCUT2D eigenvalue weighted by atomic mass is 10.4. The van der Waals surface area contributed by atoms with Gasteiger partial charge in [0.05, 0.1) is 5.69 Å². The number of rotatable bonds is 2.